The van der Waals surface area contributed by atoms with E-state index in [0.29, 0.717) is 54.0 Å². The van der Waals surface area contributed by atoms with Crippen LogP contribution in [-0.2, 0) is 14.1 Å². The van der Waals surface area contributed by atoms with E-state index in [1.807, 2.05) is 42.1 Å². The van der Waals surface area contributed by atoms with Crippen molar-refractivity contribution in [1.82, 2.24) is 28.7 Å². The van der Waals surface area contributed by atoms with E-state index in [4.69, 9.17) is 0 Å². The van der Waals surface area contributed by atoms with Crippen LogP contribution in [0.5, 0.6) is 0 Å². The number of nitrogens with zero attached hydrogens (tertiary/aromatic N) is 6. The first-order valence-corrected chi connectivity index (χ1v) is 13.6. The van der Waals surface area contributed by atoms with Gasteiger partial charge in [0.1, 0.15) is 23.4 Å². The number of nitrogens with one attached hydrogen (secondary N) is 1. The zero-order valence-electron chi connectivity index (χ0n) is 22.4. The molecule has 10 heteroatoms. The Morgan fingerprint density at radius 3 is 2.62 bits per heavy atom. The third-order valence-corrected chi connectivity index (χ3v) is 8.38. The molecular formula is C30H29N7O3. The van der Waals surface area contributed by atoms with Gasteiger partial charge in [0.2, 0.25) is 5.78 Å². The summed E-state index contributed by atoms with van der Waals surface area (Å²) >= 11 is 0. The Hall–Kier alpha value is -4.73. The third kappa shape index (κ3) is 3.66. The van der Waals surface area contributed by atoms with Crippen LogP contribution in [0.25, 0.3) is 34.1 Å². The summed E-state index contributed by atoms with van der Waals surface area (Å²) in [5.74, 6) is 0.535. The zero-order chi connectivity index (χ0) is 27.5. The van der Waals surface area contributed by atoms with Gasteiger partial charge in [0, 0.05) is 72.5 Å². The van der Waals surface area contributed by atoms with E-state index in [-0.39, 0.29) is 23.1 Å². The maximum absolute atomic E-state index is 13.4. The Labute approximate surface area is 228 Å². The lowest BCUT2D eigenvalue weighted by Gasteiger charge is -2.33. The van der Waals surface area contributed by atoms with Crippen LogP contribution in [-0.4, -0.2) is 47.5 Å². The summed E-state index contributed by atoms with van der Waals surface area (Å²) in [7, 11) is 3.70. The fourth-order valence-electron chi connectivity index (χ4n) is 6.34. The van der Waals surface area contributed by atoms with Gasteiger partial charge in [-0.2, -0.15) is 0 Å². The van der Waals surface area contributed by atoms with Gasteiger partial charge in [0.05, 0.1) is 5.52 Å². The molecular weight excluding hydrogens is 506 g/mol. The van der Waals surface area contributed by atoms with E-state index in [1.54, 1.807) is 22.2 Å². The predicted octanol–water partition coefficient (Wildman–Crippen LogP) is 1.74. The molecule has 1 aliphatic heterocycles. The van der Waals surface area contributed by atoms with E-state index in [9.17, 15) is 14.4 Å². The molecule has 1 fully saturated rings. The lowest BCUT2D eigenvalue weighted by Crippen LogP contribution is -2.44. The van der Waals surface area contributed by atoms with Gasteiger partial charge >= 0.3 is 5.69 Å². The SMILES string of the molecule is Cn1c2c(c3[nH]c(=O)n(C4CCN(c5cc(C(=O)c6cn(C)c7ccccc67)ncn5)CC4)c3c1=O)=CCCC=2. The fourth-order valence-corrected chi connectivity index (χ4v) is 6.34. The number of carbonyl (C=O) groups excluding carboxylic acids is 1. The van der Waals surface area contributed by atoms with Crippen molar-refractivity contribution in [2.75, 3.05) is 18.0 Å². The average Bonchev–Trinajstić information content (AvgIpc) is 3.52. The lowest BCUT2D eigenvalue weighted by atomic mass is 10.0. The number of anilines is 1. The van der Waals surface area contributed by atoms with Gasteiger partial charge in [0.15, 0.2) is 0 Å². The number of ketones is 1. The van der Waals surface area contributed by atoms with Gasteiger partial charge in [-0.3, -0.25) is 14.2 Å². The second kappa shape index (κ2) is 9.18. The highest BCUT2D eigenvalue weighted by molar-refractivity contribution is 6.15. The predicted molar refractivity (Wildman–Crippen MR) is 154 cm³/mol. The summed E-state index contributed by atoms with van der Waals surface area (Å²) in [5, 5.41) is 2.69. The molecule has 0 unspecified atom stereocenters. The van der Waals surface area contributed by atoms with Crippen LogP contribution in [0.4, 0.5) is 5.82 Å². The number of fused-ring (bicyclic) bond motifs is 4. The van der Waals surface area contributed by atoms with Crippen LogP contribution in [0.2, 0.25) is 0 Å². The Balaban J connectivity index is 1.17. The summed E-state index contributed by atoms with van der Waals surface area (Å²) < 4.78 is 5.26. The highest BCUT2D eigenvalue weighted by Crippen LogP contribution is 2.27. The highest BCUT2D eigenvalue weighted by Gasteiger charge is 2.27. The van der Waals surface area contributed by atoms with Gasteiger partial charge in [-0.15, -0.1) is 0 Å². The molecule has 0 bridgehead atoms. The minimum atomic E-state index is -0.247. The van der Waals surface area contributed by atoms with E-state index in [2.05, 4.69) is 32.0 Å². The molecule has 40 heavy (non-hydrogen) atoms. The Bertz CT molecular complexity index is 2070. The summed E-state index contributed by atoms with van der Waals surface area (Å²) in [6.45, 7) is 1.27. The number of piperidine rings is 1. The number of imidazole rings is 1. The monoisotopic (exact) mass is 535 g/mol. The standard InChI is InChI=1S/C30H29N7O3/c1-34-16-21(19-7-3-5-9-23(19)34)28(38)22-15-25(32-17-31-22)36-13-11-18(12-14-36)37-27-26(33-30(37)40)20-8-4-6-10-24(20)35(2)29(27)39/h3,5,7-10,15-18H,4,6,11-14H2,1-2H3,(H,33,40). The van der Waals surface area contributed by atoms with Gasteiger partial charge in [0.25, 0.3) is 5.56 Å². The van der Waals surface area contributed by atoms with Crippen LogP contribution in [0, 0.1) is 0 Å². The van der Waals surface area contributed by atoms with E-state index in [0.717, 1.165) is 34.3 Å². The smallest absolute Gasteiger partial charge is 0.326 e. The molecule has 10 nitrogen and oxygen atoms in total. The number of aromatic amines is 1. The van der Waals surface area contributed by atoms with E-state index < -0.39 is 0 Å². The first-order chi connectivity index (χ1) is 19.4. The van der Waals surface area contributed by atoms with Crippen molar-refractivity contribution in [2.45, 2.75) is 31.7 Å². The number of hydrogen-bond donors (Lipinski definition) is 1. The summed E-state index contributed by atoms with van der Waals surface area (Å²) in [6, 6.07) is 9.44. The Morgan fingerprint density at radius 1 is 1.02 bits per heavy atom. The number of hydrogen-bond acceptors (Lipinski definition) is 6. The molecule has 1 saturated heterocycles. The Kier molecular flexibility index (Phi) is 5.58. The average molecular weight is 536 g/mol. The number of H-pyrrole nitrogens is 1. The number of para-hydroxylation sites is 1. The molecule has 202 valence electrons. The van der Waals surface area contributed by atoms with Crippen molar-refractivity contribution in [1.29, 1.82) is 0 Å². The minimum Gasteiger partial charge on any atom is -0.356 e. The lowest BCUT2D eigenvalue weighted by molar-refractivity contribution is 0.103. The molecule has 4 aromatic heterocycles. The number of aromatic nitrogens is 6. The molecule has 1 N–H and O–H groups in total. The molecule has 5 heterocycles. The molecule has 5 aromatic rings. The minimum absolute atomic E-state index is 0.116. The molecule has 0 amide bonds. The fraction of sp³-hybridized carbons (Fsp3) is 0.300. The van der Waals surface area contributed by atoms with Crippen LogP contribution in [0.1, 0.15) is 47.8 Å². The molecule has 2 aliphatic rings. The Morgan fingerprint density at radius 2 is 1.80 bits per heavy atom. The molecule has 0 radical (unpaired) electrons. The molecule has 0 spiro atoms. The molecule has 0 saturated carbocycles. The molecule has 1 aromatic carbocycles. The first-order valence-electron chi connectivity index (χ1n) is 13.6. The number of pyridine rings is 1. The zero-order valence-corrected chi connectivity index (χ0v) is 22.4. The highest BCUT2D eigenvalue weighted by atomic mass is 16.2. The maximum atomic E-state index is 13.4. The topological polar surface area (TPSA) is 111 Å². The summed E-state index contributed by atoms with van der Waals surface area (Å²) in [4.78, 5) is 53.8. The van der Waals surface area contributed by atoms with Gasteiger partial charge < -0.3 is 19.0 Å². The van der Waals surface area contributed by atoms with Crippen molar-refractivity contribution in [3.63, 3.8) is 0 Å². The van der Waals surface area contributed by atoms with Gasteiger partial charge in [-0.25, -0.2) is 14.8 Å². The van der Waals surface area contributed by atoms with Crippen molar-refractivity contribution < 1.29 is 4.79 Å². The van der Waals surface area contributed by atoms with E-state index in [1.165, 1.54) is 6.33 Å². The van der Waals surface area contributed by atoms with Gasteiger partial charge in [-0.05, 0) is 31.7 Å². The summed E-state index contributed by atoms with van der Waals surface area (Å²) in [6.07, 6.45) is 10.5. The summed E-state index contributed by atoms with van der Waals surface area (Å²) in [5.41, 5.74) is 2.61. The van der Waals surface area contributed by atoms with E-state index >= 15 is 0 Å². The number of rotatable bonds is 4. The van der Waals surface area contributed by atoms with Crippen LogP contribution < -0.4 is 26.7 Å². The second-order valence-electron chi connectivity index (χ2n) is 10.7. The number of benzene rings is 1. The van der Waals surface area contributed by atoms with Crippen molar-refractivity contribution in [3.05, 3.63) is 85.5 Å². The van der Waals surface area contributed by atoms with Gasteiger partial charge in [-0.1, -0.05) is 30.4 Å². The molecule has 1 aliphatic carbocycles. The van der Waals surface area contributed by atoms with Crippen molar-refractivity contribution in [3.8, 4) is 0 Å². The largest absolute Gasteiger partial charge is 0.356 e. The van der Waals surface area contributed by atoms with Crippen molar-refractivity contribution >= 4 is 45.7 Å². The van der Waals surface area contributed by atoms with Crippen LogP contribution in [0.15, 0.2) is 52.4 Å². The number of carbonyl (C=O) groups is 1. The van der Waals surface area contributed by atoms with Crippen molar-refractivity contribution in [2.24, 2.45) is 14.1 Å². The first kappa shape index (κ1) is 24.3. The second-order valence-corrected chi connectivity index (χ2v) is 10.7. The van der Waals surface area contributed by atoms with Crippen LogP contribution in [0.3, 0.4) is 0 Å². The maximum Gasteiger partial charge on any atom is 0.326 e. The van der Waals surface area contributed by atoms with Crippen LogP contribution >= 0.6 is 0 Å². The molecule has 0 atom stereocenters. The normalized spacial score (nSPS) is 15.7. The molecule has 7 rings (SSSR count). The third-order valence-electron chi connectivity index (χ3n) is 8.38. The number of aryl methyl sites for hydroxylation is 1. The quantitative estimate of drug-likeness (QED) is 0.351.